The molecule has 0 aliphatic rings. The number of unbranched alkanes of at least 4 members (excludes halogenated alkanes) is 5. The molecule has 3 nitrogen and oxygen atoms in total. The van der Waals surface area contributed by atoms with Crippen LogP contribution in [0.5, 0.6) is 0 Å². The summed E-state index contributed by atoms with van der Waals surface area (Å²) < 4.78 is 5.33. The summed E-state index contributed by atoms with van der Waals surface area (Å²) in [5.74, 6) is 0. The summed E-state index contributed by atoms with van der Waals surface area (Å²) in [6, 6.07) is 7.27. The van der Waals surface area contributed by atoms with E-state index in [1.54, 1.807) is 12.1 Å². The first-order valence-electron chi connectivity index (χ1n) is 7.53. The van der Waals surface area contributed by atoms with Crippen LogP contribution in [-0.2, 0) is 6.42 Å². The molecule has 0 aliphatic carbocycles. The number of benzene rings is 1. The monoisotopic (exact) mass is 273 g/mol. The number of nitrogen functional groups attached to an aromatic ring is 1. The molecule has 3 heteroatoms. The molecule has 2 rings (SSSR count). The van der Waals surface area contributed by atoms with Crippen LogP contribution in [0.1, 0.15) is 51.0 Å². The number of nitrogens with two attached hydrogens (primary N) is 1. The molecule has 2 aromatic rings. The van der Waals surface area contributed by atoms with Gasteiger partial charge in [-0.05, 0) is 37.1 Å². The van der Waals surface area contributed by atoms with E-state index in [4.69, 9.17) is 10.2 Å². The highest BCUT2D eigenvalue weighted by molar-refractivity contribution is 5.80. The molecule has 0 atom stereocenters. The second kappa shape index (κ2) is 7.13. The lowest BCUT2D eigenvalue weighted by molar-refractivity contribution is 0.542. The molecule has 0 saturated heterocycles. The number of hydrogen-bond acceptors (Lipinski definition) is 3. The first-order valence-corrected chi connectivity index (χ1v) is 7.53. The lowest BCUT2D eigenvalue weighted by Crippen LogP contribution is -2.07. The summed E-state index contributed by atoms with van der Waals surface area (Å²) in [6.07, 6.45) is 8.11. The Kier molecular flexibility index (Phi) is 5.22. The van der Waals surface area contributed by atoms with Crippen molar-refractivity contribution in [2.24, 2.45) is 0 Å². The zero-order valence-corrected chi connectivity index (χ0v) is 12.2. The first kappa shape index (κ1) is 14.6. The Labute approximate surface area is 119 Å². The van der Waals surface area contributed by atoms with Crippen molar-refractivity contribution in [2.75, 3.05) is 5.73 Å². The molecule has 1 aromatic heterocycles. The number of hydrogen-bond donors (Lipinski definition) is 1. The van der Waals surface area contributed by atoms with Gasteiger partial charge in [0.05, 0.1) is 0 Å². The molecule has 108 valence electrons. The second-order valence-electron chi connectivity index (χ2n) is 5.37. The minimum atomic E-state index is -0.212. The van der Waals surface area contributed by atoms with Gasteiger partial charge in [0.15, 0.2) is 0 Å². The third-order valence-corrected chi connectivity index (χ3v) is 3.63. The number of aryl methyl sites for hydroxylation is 1. The van der Waals surface area contributed by atoms with Crippen LogP contribution in [-0.4, -0.2) is 0 Å². The highest BCUT2D eigenvalue weighted by Gasteiger charge is 2.05. The van der Waals surface area contributed by atoms with Gasteiger partial charge < -0.3 is 10.2 Å². The van der Waals surface area contributed by atoms with Gasteiger partial charge in [0.25, 0.3) is 0 Å². The van der Waals surface area contributed by atoms with Crippen LogP contribution in [0.3, 0.4) is 0 Å². The van der Waals surface area contributed by atoms with E-state index in [1.165, 1.54) is 32.1 Å². The van der Waals surface area contributed by atoms with Gasteiger partial charge in [0, 0.05) is 16.6 Å². The summed E-state index contributed by atoms with van der Waals surface area (Å²) in [5, 5.41) is 0.908. The molecule has 20 heavy (non-hydrogen) atoms. The Morgan fingerprint density at radius 3 is 2.60 bits per heavy atom. The standard InChI is InChI=1S/C17H23NO2/c1-2-3-4-5-6-7-8-13-11-14-12-15(18)9-10-16(14)20-17(13)19/h9-12H,2-8,18H2,1H3. The molecule has 0 unspecified atom stereocenters. The minimum Gasteiger partial charge on any atom is -0.423 e. The Bertz CT molecular complexity index is 616. The second-order valence-corrected chi connectivity index (χ2v) is 5.37. The van der Waals surface area contributed by atoms with E-state index in [1.807, 2.05) is 12.1 Å². The fourth-order valence-electron chi connectivity index (χ4n) is 2.45. The fraction of sp³-hybridized carbons (Fsp3) is 0.471. The van der Waals surface area contributed by atoms with Gasteiger partial charge >= 0.3 is 5.63 Å². The summed E-state index contributed by atoms with van der Waals surface area (Å²) in [7, 11) is 0. The van der Waals surface area contributed by atoms with Gasteiger partial charge in [0.2, 0.25) is 0 Å². The van der Waals surface area contributed by atoms with E-state index in [9.17, 15) is 4.79 Å². The third kappa shape index (κ3) is 3.86. The average Bonchev–Trinajstić information content (AvgIpc) is 2.43. The van der Waals surface area contributed by atoms with Gasteiger partial charge in [0.1, 0.15) is 5.58 Å². The Hall–Kier alpha value is -1.77. The van der Waals surface area contributed by atoms with Crippen molar-refractivity contribution < 1.29 is 4.42 Å². The Morgan fingerprint density at radius 2 is 1.80 bits per heavy atom. The Morgan fingerprint density at radius 1 is 1.05 bits per heavy atom. The highest BCUT2D eigenvalue weighted by atomic mass is 16.4. The van der Waals surface area contributed by atoms with Crippen molar-refractivity contribution in [1.82, 2.24) is 0 Å². The van der Waals surface area contributed by atoms with Crippen LogP contribution in [0.2, 0.25) is 0 Å². The normalized spacial score (nSPS) is 11.1. The first-order chi connectivity index (χ1) is 9.70. The smallest absolute Gasteiger partial charge is 0.339 e. The lowest BCUT2D eigenvalue weighted by atomic mass is 10.1. The Balaban J connectivity index is 1.99. The lowest BCUT2D eigenvalue weighted by Gasteiger charge is -2.03. The summed E-state index contributed by atoms with van der Waals surface area (Å²) in [5.41, 5.74) is 7.61. The number of rotatable bonds is 7. The number of anilines is 1. The van der Waals surface area contributed by atoms with Gasteiger partial charge in [-0.1, -0.05) is 39.0 Å². The van der Waals surface area contributed by atoms with Crippen molar-refractivity contribution in [3.63, 3.8) is 0 Å². The molecular formula is C17H23NO2. The molecule has 0 aliphatic heterocycles. The predicted octanol–water partition coefficient (Wildman–Crippen LogP) is 4.28. The summed E-state index contributed by atoms with van der Waals surface area (Å²) >= 11 is 0. The molecule has 0 bridgehead atoms. The van der Waals surface area contributed by atoms with E-state index < -0.39 is 0 Å². The van der Waals surface area contributed by atoms with Crippen LogP contribution in [0.15, 0.2) is 33.5 Å². The van der Waals surface area contributed by atoms with Gasteiger partial charge in [-0.25, -0.2) is 4.79 Å². The molecular weight excluding hydrogens is 250 g/mol. The van der Waals surface area contributed by atoms with E-state index >= 15 is 0 Å². The molecule has 0 radical (unpaired) electrons. The van der Waals surface area contributed by atoms with Crippen molar-refractivity contribution in [1.29, 1.82) is 0 Å². The molecule has 0 saturated carbocycles. The zero-order chi connectivity index (χ0) is 14.4. The zero-order valence-electron chi connectivity index (χ0n) is 12.2. The summed E-state index contributed by atoms with van der Waals surface area (Å²) in [6.45, 7) is 2.21. The SMILES string of the molecule is CCCCCCCCc1cc2cc(N)ccc2oc1=O. The molecule has 1 heterocycles. The maximum atomic E-state index is 11.9. The van der Waals surface area contributed by atoms with Crippen molar-refractivity contribution in [3.05, 3.63) is 40.2 Å². The third-order valence-electron chi connectivity index (χ3n) is 3.63. The largest absolute Gasteiger partial charge is 0.423 e. The van der Waals surface area contributed by atoms with Crippen LogP contribution >= 0.6 is 0 Å². The van der Waals surface area contributed by atoms with E-state index in [0.717, 1.165) is 23.8 Å². The topological polar surface area (TPSA) is 56.2 Å². The van der Waals surface area contributed by atoms with Gasteiger partial charge in [-0.2, -0.15) is 0 Å². The van der Waals surface area contributed by atoms with Crippen LogP contribution in [0.4, 0.5) is 5.69 Å². The highest BCUT2D eigenvalue weighted by Crippen LogP contribution is 2.18. The van der Waals surface area contributed by atoms with Crippen molar-refractivity contribution >= 4 is 16.7 Å². The van der Waals surface area contributed by atoms with E-state index in [0.29, 0.717) is 11.3 Å². The number of fused-ring (bicyclic) bond motifs is 1. The van der Waals surface area contributed by atoms with Crippen LogP contribution < -0.4 is 11.4 Å². The molecule has 0 amide bonds. The van der Waals surface area contributed by atoms with Crippen molar-refractivity contribution in [3.8, 4) is 0 Å². The fourth-order valence-corrected chi connectivity index (χ4v) is 2.45. The quantitative estimate of drug-likeness (QED) is 0.465. The molecule has 1 aromatic carbocycles. The van der Waals surface area contributed by atoms with Crippen molar-refractivity contribution in [2.45, 2.75) is 51.9 Å². The maximum Gasteiger partial charge on any atom is 0.339 e. The molecule has 2 N–H and O–H groups in total. The average molecular weight is 273 g/mol. The molecule has 0 spiro atoms. The van der Waals surface area contributed by atoms with E-state index in [2.05, 4.69) is 6.92 Å². The van der Waals surface area contributed by atoms with Crippen LogP contribution in [0.25, 0.3) is 11.0 Å². The maximum absolute atomic E-state index is 11.9. The molecule has 0 fully saturated rings. The van der Waals surface area contributed by atoms with Gasteiger partial charge in [-0.3, -0.25) is 0 Å². The minimum absolute atomic E-state index is 0.212. The van der Waals surface area contributed by atoms with Crippen LogP contribution in [0, 0.1) is 0 Å². The summed E-state index contributed by atoms with van der Waals surface area (Å²) in [4.78, 5) is 11.9. The predicted molar refractivity (Wildman–Crippen MR) is 84.0 cm³/mol. The van der Waals surface area contributed by atoms with E-state index in [-0.39, 0.29) is 5.63 Å². The van der Waals surface area contributed by atoms with Gasteiger partial charge in [-0.15, -0.1) is 0 Å².